The number of rotatable bonds is 6. The van der Waals surface area contributed by atoms with Gasteiger partial charge in [0.2, 0.25) is 11.8 Å². The summed E-state index contributed by atoms with van der Waals surface area (Å²) < 4.78 is 23.2. The summed E-state index contributed by atoms with van der Waals surface area (Å²) >= 11 is 0. The number of carbonyl (C=O) groups is 2. The lowest BCUT2D eigenvalue weighted by Gasteiger charge is -2.10. The van der Waals surface area contributed by atoms with Crippen LogP contribution in [0.25, 0.3) is 0 Å². The number of amides is 2. The van der Waals surface area contributed by atoms with E-state index in [1.165, 1.54) is 38.5 Å². The second-order valence-corrected chi connectivity index (χ2v) is 6.00. The van der Waals surface area contributed by atoms with Gasteiger partial charge in [0, 0.05) is 17.4 Å². The number of hydrogen-bond acceptors (Lipinski definition) is 4. The first-order valence-electron chi connectivity index (χ1n) is 8.11. The van der Waals surface area contributed by atoms with Crippen molar-refractivity contribution in [2.75, 3.05) is 24.9 Å². The van der Waals surface area contributed by atoms with Crippen molar-refractivity contribution in [3.63, 3.8) is 0 Å². The van der Waals surface area contributed by atoms with Crippen molar-refractivity contribution in [3.8, 4) is 11.5 Å². The Hall–Kier alpha value is -3.09. The monoisotopic (exact) mass is 358 g/mol. The zero-order chi connectivity index (χ0) is 18.7. The summed E-state index contributed by atoms with van der Waals surface area (Å²) in [7, 11) is 3.05. The van der Waals surface area contributed by atoms with Gasteiger partial charge in [-0.05, 0) is 42.8 Å². The quantitative estimate of drug-likeness (QED) is 0.832. The molecule has 2 N–H and O–H groups in total. The van der Waals surface area contributed by atoms with Crippen molar-refractivity contribution in [1.82, 2.24) is 0 Å². The Balaban J connectivity index is 1.57. The first-order valence-corrected chi connectivity index (χ1v) is 8.11. The molecule has 2 aromatic rings. The molecule has 0 heterocycles. The number of ether oxygens (including phenoxy) is 2. The predicted octanol–water partition coefficient (Wildman–Crippen LogP) is 3.06. The summed E-state index contributed by atoms with van der Waals surface area (Å²) in [4.78, 5) is 24.5. The van der Waals surface area contributed by atoms with Gasteiger partial charge in [0.1, 0.15) is 5.82 Å². The van der Waals surface area contributed by atoms with Crippen molar-refractivity contribution >= 4 is 23.2 Å². The minimum absolute atomic E-state index is 0.225. The third-order valence-electron chi connectivity index (χ3n) is 4.23. The van der Waals surface area contributed by atoms with Crippen molar-refractivity contribution in [2.45, 2.75) is 6.42 Å². The van der Waals surface area contributed by atoms with Crippen LogP contribution >= 0.6 is 0 Å². The zero-order valence-electron chi connectivity index (χ0n) is 14.4. The van der Waals surface area contributed by atoms with E-state index in [4.69, 9.17) is 9.47 Å². The average Bonchev–Trinajstić information content (AvgIpc) is 3.44. The van der Waals surface area contributed by atoms with E-state index in [0.29, 0.717) is 29.3 Å². The van der Waals surface area contributed by atoms with Crippen LogP contribution in [-0.4, -0.2) is 26.0 Å². The SMILES string of the molecule is COc1ccc(NC(=O)C2CC2C(=O)Nc2ccc(F)cc2)cc1OC. The summed E-state index contributed by atoms with van der Waals surface area (Å²) in [5, 5.41) is 5.47. The largest absolute Gasteiger partial charge is 0.493 e. The normalized spacial score (nSPS) is 18.0. The molecule has 1 aliphatic carbocycles. The maximum atomic E-state index is 12.9. The summed E-state index contributed by atoms with van der Waals surface area (Å²) in [5.74, 6) is -0.550. The van der Waals surface area contributed by atoms with Gasteiger partial charge in [-0.3, -0.25) is 9.59 Å². The van der Waals surface area contributed by atoms with Crippen LogP contribution in [0.15, 0.2) is 42.5 Å². The first kappa shape index (κ1) is 17.7. The Kier molecular flexibility index (Phi) is 5.06. The Morgan fingerprint density at radius 1 is 0.885 bits per heavy atom. The lowest BCUT2D eigenvalue weighted by atomic mass is 10.2. The standard InChI is InChI=1S/C19H19FN2O4/c1-25-16-8-7-13(9-17(16)26-2)22-19(24)15-10-14(15)18(23)21-12-5-3-11(20)4-6-12/h3-9,14-15H,10H2,1-2H3,(H,21,23)(H,22,24). The molecule has 0 spiro atoms. The van der Waals surface area contributed by atoms with Gasteiger partial charge < -0.3 is 20.1 Å². The van der Waals surface area contributed by atoms with Crippen molar-refractivity contribution in [2.24, 2.45) is 11.8 Å². The molecule has 1 aliphatic rings. The van der Waals surface area contributed by atoms with Crippen LogP contribution in [0.3, 0.4) is 0 Å². The molecule has 1 fully saturated rings. The van der Waals surface area contributed by atoms with Gasteiger partial charge in [0.05, 0.1) is 26.1 Å². The minimum atomic E-state index is -0.389. The number of benzene rings is 2. The van der Waals surface area contributed by atoms with Crippen LogP contribution in [0.4, 0.5) is 15.8 Å². The third-order valence-corrected chi connectivity index (χ3v) is 4.23. The van der Waals surface area contributed by atoms with Crippen LogP contribution < -0.4 is 20.1 Å². The number of hydrogen-bond donors (Lipinski definition) is 2. The van der Waals surface area contributed by atoms with E-state index in [9.17, 15) is 14.0 Å². The van der Waals surface area contributed by atoms with E-state index >= 15 is 0 Å². The molecule has 0 aliphatic heterocycles. The number of halogens is 1. The topological polar surface area (TPSA) is 76.7 Å². The molecule has 2 atom stereocenters. The molecule has 0 aromatic heterocycles. The van der Waals surface area contributed by atoms with Gasteiger partial charge in [-0.25, -0.2) is 4.39 Å². The average molecular weight is 358 g/mol. The molecule has 2 amide bonds. The second-order valence-electron chi connectivity index (χ2n) is 6.00. The maximum Gasteiger partial charge on any atom is 0.228 e. The van der Waals surface area contributed by atoms with Gasteiger partial charge in [0.25, 0.3) is 0 Å². The molecule has 3 rings (SSSR count). The Bertz CT molecular complexity index is 823. The summed E-state index contributed by atoms with van der Waals surface area (Å²) in [6, 6.07) is 10.6. The summed E-state index contributed by atoms with van der Waals surface area (Å²) in [5.41, 5.74) is 1.07. The van der Waals surface area contributed by atoms with E-state index in [1.54, 1.807) is 18.2 Å². The Labute approximate surface area is 150 Å². The molecule has 0 radical (unpaired) electrons. The number of methoxy groups -OCH3 is 2. The number of anilines is 2. The third kappa shape index (κ3) is 3.93. The van der Waals surface area contributed by atoms with Crippen molar-refractivity contribution in [1.29, 1.82) is 0 Å². The molecule has 2 unspecified atom stereocenters. The smallest absolute Gasteiger partial charge is 0.228 e. The van der Waals surface area contributed by atoms with Crippen LogP contribution in [0.1, 0.15) is 6.42 Å². The van der Waals surface area contributed by atoms with E-state index in [2.05, 4.69) is 10.6 Å². The fourth-order valence-electron chi connectivity index (χ4n) is 2.69. The minimum Gasteiger partial charge on any atom is -0.493 e. The number of carbonyl (C=O) groups excluding carboxylic acids is 2. The number of nitrogens with one attached hydrogen (secondary N) is 2. The molecule has 7 heteroatoms. The zero-order valence-corrected chi connectivity index (χ0v) is 14.4. The molecule has 136 valence electrons. The second kappa shape index (κ2) is 7.43. The lowest BCUT2D eigenvalue weighted by molar-refractivity contribution is -0.122. The molecule has 26 heavy (non-hydrogen) atoms. The molecule has 1 saturated carbocycles. The van der Waals surface area contributed by atoms with Gasteiger partial charge >= 0.3 is 0 Å². The molecule has 2 aromatic carbocycles. The molecule has 0 saturated heterocycles. The maximum absolute atomic E-state index is 12.9. The van der Waals surface area contributed by atoms with Gasteiger partial charge in [-0.15, -0.1) is 0 Å². The molecular weight excluding hydrogens is 339 g/mol. The van der Waals surface area contributed by atoms with E-state index < -0.39 is 0 Å². The fourth-order valence-corrected chi connectivity index (χ4v) is 2.69. The predicted molar refractivity (Wildman–Crippen MR) is 94.8 cm³/mol. The molecule has 0 bridgehead atoms. The highest BCUT2D eigenvalue weighted by Crippen LogP contribution is 2.40. The Morgan fingerprint density at radius 3 is 2.00 bits per heavy atom. The lowest BCUT2D eigenvalue weighted by Crippen LogP contribution is -2.20. The highest BCUT2D eigenvalue weighted by atomic mass is 19.1. The van der Waals surface area contributed by atoms with Crippen molar-refractivity contribution in [3.05, 3.63) is 48.3 Å². The van der Waals surface area contributed by atoms with E-state index in [1.807, 2.05) is 0 Å². The van der Waals surface area contributed by atoms with Crippen LogP contribution in [0.2, 0.25) is 0 Å². The highest BCUT2D eigenvalue weighted by Gasteiger charge is 2.48. The molecular formula is C19H19FN2O4. The highest BCUT2D eigenvalue weighted by molar-refractivity contribution is 6.03. The summed E-state index contributed by atoms with van der Waals surface area (Å²) in [6.07, 6.45) is 0.478. The first-order chi connectivity index (χ1) is 12.5. The van der Waals surface area contributed by atoms with Crippen LogP contribution in [0, 0.1) is 17.7 Å². The van der Waals surface area contributed by atoms with Gasteiger partial charge in [0.15, 0.2) is 11.5 Å². The van der Waals surface area contributed by atoms with Crippen molar-refractivity contribution < 1.29 is 23.5 Å². The van der Waals surface area contributed by atoms with Crippen LogP contribution in [-0.2, 0) is 9.59 Å². The van der Waals surface area contributed by atoms with Gasteiger partial charge in [-0.1, -0.05) is 0 Å². The summed E-state index contributed by atoms with van der Waals surface area (Å²) in [6.45, 7) is 0. The molecule has 6 nitrogen and oxygen atoms in total. The fraction of sp³-hybridized carbons (Fsp3) is 0.263. The Morgan fingerprint density at radius 2 is 1.42 bits per heavy atom. The van der Waals surface area contributed by atoms with E-state index in [0.717, 1.165) is 0 Å². The van der Waals surface area contributed by atoms with Gasteiger partial charge in [-0.2, -0.15) is 0 Å². The van der Waals surface area contributed by atoms with E-state index in [-0.39, 0.29) is 29.5 Å². The van der Waals surface area contributed by atoms with Crippen LogP contribution in [0.5, 0.6) is 11.5 Å².